The number of carbonyl (C=O) groups excluding carboxylic acids is 1. The van der Waals surface area contributed by atoms with Crippen molar-refractivity contribution in [2.24, 2.45) is 5.92 Å². The summed E-state index contributed by atoms with van der Waals surface area (Å²) in [7, 11) is 0. The number of ether oxygens (including phenoxy) is 1. The zero-order valence-electron chi connectivity index (χ0n) is 13.3. The fourth-order valence-electron chi connectivity index (χ4n) is 2.21. The number of aromatic amines is 1. The number of hydrogen-bond donors (Lipinski definition) is 2. The third kappa shape index (κ3) is 4.61. The topological polar surface area (TPSA) is 89.0 Å². The summed E-state index contributed by atoms with van der Waals surface area (Å²) >= 11 is 1.29. The van der Waals surface area contributed by atoms with Gasteiger partial charge in [0.1, 0.15) is 0 Å². The maximum absolute atomic E-state index is 12.0. The van der Waals surface area contributed by atoms with Gasteiger partial charge in [0, 0.05) is 13.2 Å². The number of amides is 1. The van der Waals surface area contributed by atoms with Crippen LogP contribution in [-0.4, -0.2) is 45.2 Å². The number of carbonyl (C=O) groups is 1. The van der Waals surface area contributed by atoms with Crippen LogP contribution in [0.3, 0.4) is 0 Å². The fraction of sp³-hybridized carbons (Fsp3) is 0.786. The molecule has 0 radical (unpaired) electrons. The smallest absolute Gasteiger partial charge is 0.344 e. The Labute approximate surface area is 134 Å². The quantitative estimate of drug-likeness (QED) is 0.729. The van der Waals surface area contributed by atoms with E-state index in [9.17, 15) is 9.59 Å². The highest BCUT2D eigenvalue weighted by molar-refractivity contribution is 8.00. The molecular formula is C14H24N4O3S. The Bertz CT molecular complexity index is 549. The molecule has 1 aliphatic heterocycles. The van der Waals surface area contributed by atoms with Crippen LogP contribution in [0.15, 0.2) is 9.95 Å². The minimum absolute atomic E-state index is 0.0437. The first-order valence-corrected chi connectivity index (χ1v) is 8.56. The molecular weight excluding hydrogens is 304 g/mol. The zero-order chi connectivity index (χ0) is 16.1. The van der Waals surface area contributed by atoms with Gasteiger partial charge in [-0.2, -0.15) is 0 Å². The summed E-state index contributed by atoms with van der Waals surface area (Å²) in [4.78, 5) is 23.9. The number of rotatable bonds is 7. The van der Waals surface area contributed by atoms with Crippen molar-refractivity contribution in [2.75, 3.05) is 13.2 Å². The molecule has 1 aromatic rings. The summed E-state index contributed by atoms with van der Waals surface area (Å²) in [5.74, 6) is 0.363. The van der Waals surface area contributed by atoms with E-state index < -0.39 is 0 Å². The van der Waals surface area contributed by atoms with Crippen molar-refractivity contribution in [2.45, 2.75) is 56.7 Å². The molecule has 2 rings (SSSR count). The number of nitrogens with zero attached hydrogens (tertiary/aromatic N) is 2. The van der Waals surface area contributed by atoms with Gasteiger partial charge in [-0.05, 0) is 25.7 Å². The van der Waals surface area contributed by atoms with Gasteiger partial charge in [0.25, 0.3) is 0 Å². The van der Waals surface area contributed by atoms with Gasteiger partial charge in [-0.15, -0.1) is 5.10 Å². The monoisotopic (exact) mass is 328 g/mol. The van der Waals surface area contributed by atoms with Gasteiger partial charge in [-0.1, -0.05) is 25.6 Å². The lowest BCUT2D eigenvalue weighted by Gasteiger charge is -2.14. The molecule has 8 heteroatoms. The molecule has 0 aromatic carbocycles. The van der Waals surface area contributed by atoms with Crippen molar-refractivity contribution in [3.63, 3.8) is 0 Å². The minimum atomic E-state index is -0.308. The lowest BCUT2D eigenvalue weighted by molar-refractivity contribution is -0.120. The summed E-state index contributed by atoms with van der Waals surface area (Å²) < 4.78 is 7.13. The van der Waals surface area contributed by atoms with Crippen molar-refractivity contribution in [1.29, 1.82) is 0 Å². The van der Waals surface area contributed by atoms with E-state index in [-0.39, 0.29) is 23.0 Å². The van der Waals surface area contributed by atoms with Gasteiger partial charge < -0.3 is 10.1 Å². The van der Waals surface area contributed by atoms with Crippen molar-refractivity contribution in [1.82, 2.24) is 20.1 Å². The number of hydrogen-bond acceptors (Lipinski definition) is 5. The average Bonchev–Trinajstić information content (AvgIpc) is 3.09. The van der Waals surface area contributed by atoms with E-state index in [0.717, 1.165) is 19.4 Å². The molecule has 22 heavy (non-hydrogen) atoms. The maximum Gasteiger partial charge on any atom is 0.344 e. The molecule has 0 aliphatic carbocycles. The first kappa shape index (κ1) is 17.1. The third-order valence-corrected chi connectivity index (χ3v) is 4.56. The summed E-state index contributed by atoms with van der Waals surface area (Å²) in [5, 5.41) is 9.60. The number of H-pyrrole nitrogens is 1. The predicted molar refractivity (Wildman–Crippen MR) is 85.0 cm³/mol. The van der Waals surface area contributed by atoms with Gasteiger partial charge in [0.05, 0.1) is 17.9 Å². The second-order valence-electron chi connectivity index (χ2n) is 5.96. The molecule has 0 spiro atoms. The maximum atomic E-state index is 12.0. The van der Waals surface area contributed by atoms with Gasteiger partial charge in [0.2, 0.25) is 5.91 Å². The highest BCUT2D eigenvalue weighted by Crippen LogP contribution is 2.22. The second-order valence-corrected chi connectivity index (χ2v) is 7.26. The van der Waals surface area contributed by atoms with E-state index >= 15 is 0 Å². The number of aromatic nitrogens is 3. The van der Waals surface area contributed by atoms with E-state index in [1.165, 1.54) is 11.8 Å². The second kappa shape index (κ2) is 7.82. The number of thioether (sulfide) groups is 1. The molecule has 124 valence electrons. The summed E-state index contributed by atoms with van der Waals surface area (Å²) in [6.45, 7) is 7.78. The van der Waals surface area contributed by atoms with Crippen molar-refractivity contribution in [3.05, 3.63) is 10.5 Å². The molecule has 7 nitrogen and oxygen atoms in total. The van der Waals surface area contributed by atoms with Gasteiger partial charge in [-0.25, -0.2) is 9.89 Å². The molecule has 1 amide bonds. The van der Waals surface area contributed by atoms with Crippen molar-refractivity contribution < 1.29 is 9.53 Å². The van der Waals surface area contributed by atoms with Crippen LogP contribution in [0, 0.1) is 5.92 Å². The molecule has 2 heterocycles. The molecule has 2 atom stereocenters. The Morgan fingerprint density at radius 2 is 2.32 bits per heavy atom. The molecule has 1 saturated heterocycles. The van der Waals surface area contributed by atoms with Crippen LogP contribution in [0.25, 0.3) is 0 Å². The lowest BCUT2D eigenvalue weighted by Crippen LogP contribution is -2.34. The Morgan fingerprint density at radius 3 is 2.95 bits per heavy atom. The first-order valence-electron chi connectivity index (χ1n) is 7.68. The van der Waals surface area contributed by atoms with E-state index in [4.69, 9.17) is 4.74 Å². The molecule has 0 saturated carbocycles. The molecule has 1 aromatic heterocycles. The van der Waals surface area contributed by atoms with E-state index in [1.807, 2.05) is 20.8 Å². The largest absolute Gasteiger partial charge is 0.376 e. The highest BCUT2D eigenvalue weighted by atomic mass is 32.2. The molecule has 1 fully saturated rings. The molecule has 2 unspecified atom stereocenters. The zero-order valence-corrected chi connectivity index (χ0v) is 14.1. The van der Waals surface area contributed by atoms with Crippen molar-refractivity contribution >= 4 is 17.7 Å². The van der Waals surface area contributed by atoms with Gasteiger partial charge in [-0.3, -0.25) is 9.36 Å². The van der Waals surface area contributed by atoms with Crippen LogP contribution in [0.2, 0.25) is 0 Å². The summed E-state index contributed by atoms with van der Waals surface area (Å²) in [6, 6.07) is 0. The van der Waals surface area contributed by atoms with Crippen LogP contribution >= 0.6 is 11.8 Å². The van der Waals surface area contributed by atoms with E-state index in [0.29, 0.717) is 24.2 Å². The molecule has 1 aliphatic rings. The Morgan fingerprint density at radius 1 is 1.55 bits per heavy atom. The minimum Gasteiger partial charge on any atom is -0.376 e. The molecule has 2 N–H and O–H groups in total. The third-order valence-electron chi connectivity index (χ3n) is 3.47. The Kier molecular flexibility index (Phi) is 6.07. The standard InChI is InChI=1S/C14H24N4O3S/c1-9(2)7-15-12(19)10(3)22-14-17-16-13(20)18(14)8-11-5-4-6-21-11/h9-11H,4-8H2,1-3H3,(H,15,19)(H,16,20). The van der Waals surface area contributed by atoms with Crippen LogP contribution in [-0.2, 0) is 16.1 Å². The van der Waals surface area contributed by atoms with Crippen LogP contribution in [0.4, 0.5) is 0 Å². The van der Waals surface area contributed by atoms with E-state index in [1.54, 1.807) is 4.57 Å². The molecule has 0 bridgehead atoms. The average molecular weight is 328 g/mol. The van der Waals surface area contributed by atoms with Gasteiger partial charge in [0.15, 0.2) is 5.16 Å². The van der Waals surface area contributed by atoms with Crippen LogP contribution in [0.5, 0.6) is 0 Å². The predicted octanol–water partition coefficient (Wildman–Crippen LogP) is 1.00. The first-order chi connectivity index (χ1) is 10.5. The van der Waals surface area contributed by atoms with Gasteiger partial charge >= 0.3 is 5.69 Å². The lowest BCUT2D eigenvalue weighted by atomic mass is 10.2. The Balaban J connectivity index is 1.97. The summed E-state index contributed by atoms with van der Waals surface area (Å²) in [6.07, 6.45) is 2.03. The number of nitrogens with one attached hydrogen (secondary N) is 2. The van der Waals surface area contributed by atoms with Crippen LogP contribution in [0.1, 0.15) is 33.6 Å². The SMILES string of the molecule is CC(C)CNC(=O)C(C)Sc1n[nH]c(=O)n1CC1CCCO1. The fourth-order valence-corrected chi connectivity index (χ4v) is 3.10. The summed E-state index contributed by atoms with van der Waals surface area (Å²) in [5.41, 5.74) is -0.257. The van der Waals surface area contributed by atoms with E-state index in [2.05, 4.69) is 15.5 Å². The van der Waals surface area contributed by atoms with Crippen LogP contribution < -0.4 is 11.0 Å². The normalized spacial score (nSPS) is 19.5. The van der Waals surface area contributed by atoms with Crippen molar-refractivity contribution in [3.8, 4) is 0 Å². The Hall–Kier alpha value is -1.28. The highest BCUT2D eigenvalue weighted by Gasteiger charge is 2.22.